The van der Waals surface area contributed by atoms with E-state index in [4.69, 9.17) is 21.3 Å². The number of fused-ring (bicyclic) bond motifs is 1. The van der Waals surface area contributed by atoms with Crippen LogP contribution in [0.3, 0.4) is 0 Å². The molecule has 3 aliphatic rings. The Morgan fingerprint density at radius 3 is 2.67 bits per heavy atom. The van der Waals surface area contributed by atoms with Gasteiger partial charge in [-0.05, 0) is 24.3 Å². The molecule has 30 heavy (non-hydrogen) atoms. The van der Waals surface area contributed by atoms with Gasteiger partial charge in [0.15, 0.2) is 18.2 Å². The van der Waals surface area contributed by atoms with Gasteiger partial charge in [-0.2, -0.15) is 0 Å². The number of benzene rings is 1. The maximum atomic E-state index is 12.6. The van der Waals surface area contributed by atoms with E-state index in [2.05, 4.69) is 15.5 Å². The van der Waals surface area contributed by atoms with Crippen LogP contribution in [0.4, 0.5) is 4.79 Å². The lowest BCUT2D eigenvalue weighted by Crippen LogP contribution is -2.65. The molecule has 3 amide bonds. The van der Waals surface area contributed by atoms with E-state index in [1.54, 1.807) is 36.2 Å². The van der Waals surface area contributed by atoms with E-state index in [-0.39, 0.29) is 13.2 Å². The lowest BCUT2D eigenvalue weighted by atomic mass is 10.1. The SMILES string of the molecule is CN1C(=O)NC(=O)C2C1N=C(N1CCNCC1)N2CC(O)COc1ccc(Cl)cc1. The van der Waals surface area contributed by atoms with Crippen molar-refractivity contribution in [3.63, 3.8) is 0 Å². The molecular formula is C19H25ClN6O4. The number of aliphatic hydroxyl groups is 1. The minimum Gasteiger partial charge on any atom is -0.491 e. The smallest absolute Gasteiger partial charge is 0.325 e. The number of guanidine groups is 1. The number of carbonyl (C=O) groups excluding carboxylic acids is 2. The fourth-order valence-corrected chi connectivity index (χ4v) is 3.96. The number of halogens is 1. The largest absolute Gasteiger partial charge is 0.491 e. The maximum absolute atomic E-state index is 12.6. The summed E-state index contributed by atoms with van der Waals surface area (Å²) in [4.78, 5) is 34.7. The predicted molar refractivity (Wildman–Crippen MR) is 110 cm³/mol. The number of ether oxygens (including phenoxy) is 1. The Bertz CT molecular complexity index is 829. The minimum absolute atomic E-state index is 0.0424. The molecule has 0 radical (unpaired) electrons. The third-order valence-electron chi connectivity index (χ3n) is 5.40. The number of rotatable bonds is 5. The molecule has 10 nitrogen and oxygen atoms in total. The van der Waals surface area contributed by atoms with E-state index < -0.39 is 30.2 Å². The van der Waals surface area contributed by atoms with Crippen LogP contribution in [-0.2, 0) is 4.79 Å². The number of urea groups is 1. The van der Waals surface area contributed by atoms with Crippen molar-refractivity contribution in [1.29, 1.82) is 0 Å². The molecule has 0 spiro atoms. The van der Waals surface area contributed by atoms with Crippen LogP contribution < -0.4 is 15.4 Å². The van der Waals surface area contributed by atoms with Gasteiger partial charge in [0, 0.05) is 38.2 Å². The van der Waals surface area contributed by atoms with Crippen molar-refractivity contribution in [2.75, 3.05) is 46.4 Å². The number of piperazine rings is 1. The Morgan fingerprint density at radius 2 is 1.97 bits per heavy atom. The molecule has 0 bridgehead atoms. The predicted octanol–water partition coefficient (Wildman–Crippen LogP) is -0.467. The van der Waals surface area contributed by atoms with Crippen molar-refractivity contribution < 1.29 is 19.4 Å². The highest BCUT2D eigenvalue weighted by Gasteiger charge is 2.50. The average molecular weight is 437 g/mol. The monoisotopic (exact) mass is 436 g/mol. The summed E-state index contributed by atoms with van der Waals surface area (Å²) in [5.74, 6) is 0.797. The lowest BCUT2D eigenvalue weighted by molar-refractivity contribution is -0.127. The minimum atomic E-state index is -0.872. The summed E-state index contributed by atoms with van der Waals surface area (Å²) in [6.45, 7) is 3.24. The van der Waals surface area contributed by atoms with Gasteiger partial charge in [-0.1, -0.05) is 11.6 Å². The van der Waals surface area contributed by atoms with Gasteiger partial charge in [-0.15, -0.1) is 0 Å². The molecule has 2 fully saturated rings. The van der Waals surface area contributed by atoms with E-state index in [1.165, 1.54) is 4.90 Å². The zero-order chi connectivity index (χ0) is 21.3. The third kappa shape index (κ3) is 4.16. The first-order valence-corrected chi connectivity index (χ1v) is 10.3. The third-order valence-corrected chi connectivity index (χ3v) is 5.65. The topological polar surface area (TPSA) is 110 Å². The molecule has 0 aliphatic carbocycles. The van der Waals surface area contributed by atoms with Crippen molar-refractivity contribution in [1.82, 2.24) is 25.3 Å². The molecule has 162 valence electrons. The highest BCUT2D eigenvalue weighted by molar-refractivity contribution is 6.30. The normalized spacial score (nSPS) is 25.0. The van der Waals surface area contributed by atoms with E-state index in [9.17, 15) is 14.7 Å². The Hall–Kier alpha value is -2.56. The Kier molecular flexibility index (Phi) is 5.98. The molecule has 11 heteroatoms. The van der Waals surface area contributed by atoms with E-state index in [0.29, 0.717) is 16.7 Å². The zero-order valence-electron chi connectivity index (χ0n) is 16.6. The van der Waals surface area contributed by atoms with Crippen LogP contribution in [0.5, 0.6) is 5.75 Å². The first-order valence-electron chi connectivity index (χ1n) is 9.88. The Morgan fingerprint density at radius 1 is 1.27 bits per heavy atom. The van der Waals surface area contributed by atoms with Crippen LogP contribution in [0, 0.1) is 0 Å². The number of hydrogen-bond donors (Lipinski definition) is 3. The fourth-order valence-electron chi connectivity index (χ4n) is 3.84. The zero-order valence-corrected chi connectivity index (χ0v) is 17.4. The summed E-state index contributed by atoms with van der Waals surface area (Å²) in [5.41, 5.74) is 0. The second-order valence-corrected chi connectivity index (χ2v) is 7.94. The summed E-state index contributed by atoms with van der Waals surface area (Å²) in [6, 6.07) is 5.71. The van der Waals surface area contributed by atoms with Gasteiger partial charge in [-0.3, -0.25) is 10.1 Å². The van der Waals surface area contributed by atoms with Crippen molar-refractivity contribution in [3.8, 4) is 5.75 Å². The number of nitrogens with one attached hydrogen (secondary N) is 2. The first-order chi connectivity index (χ1) is 14.4. The van der Waals surface area contributed by atoms with Crippen molar-refractivity contribution in [2.24, 2.45) is 4.99 Å². The highest BCUT2D eigenvalue weighted by Crippen LogP contribution is 2.26. The fraction of sp³-hybridized carbons (Fsp3) is 0.526. The van der Waals surface area contributed by atoms with Crippen molar-refractivity contribution in [3.05, 3.63) is 29.3 Å². The summed E-state index contributed by atoms with van der Waals surface area (Å²) in [6.07, 6.45) is -1.50. The van der Waals surface area contributed by atoms with Gasteiger partial charge in [0.05, 0.1) is 6.54 Å². The van der Waals surface area contributed by atoms with Crippen LogP contribution >= 0.6 is 11.6 Å². The second-order valence-electron chi connectivity index (χ2n) is 7.50. The quantitative estimate of drug-likeness (QED) is 0.572. The number of likely N-dealkylation sites (N-methyl/N-ethyl adjacent to an activating group) is 1. The average Bonchev–Trinajstić information content (AvgIpc) is 3.12. The molecule has 2 saturated heterocycles. The van der Waals surface area contributed by atoms with Gasteiger partial charge in [0.2, 0.25) is 0 Å². The number of amides is 3. The molecule has 4 rings (SSSR count). The van der Waals surface area contributed by atoms with Crippen LogP contribution in [-0.4, -0.2) is 102 Å². The number of carbonyl (C=O) groups is 2. The molecule has 0 saturated carbocycles. The van der Waals surface area contributed by atoms with E-state index >= 15 is 0 Å². The first kappa shape index (κ1) is 20.7. The summed E-state index contributed by atoms with van der Waals surface area (Å²) < 4.78 is 5.65. The summed E-state index contributed by atoms with van der Waals surface area (Å²) >= 11 is 5.88. The molecule has 3 heterocycles. The standard InChI is InChI=1S/C19H25ClN6O4/c1-24-16-15(17(28)23-19(24)29)26(18(22-16)25-8-6-21-7-9-25)10-13(27)11-30-14-4-2-12(20)3-5-14/h2-5,13,15-16,21,27H,6-11H2,1H3,(H,23,28,29). The highest BCUT2D eigenvalue weighted by atomic mass is 35.5. The molecule has 1 aromatic carbocycles. The van der Waals surface area contributed by atoms with Gasteiger partial charge in [-0.25, -0.2) is 9.79 Å². The van der Waals surface area contributed by atoms with E-state index in [0.717, 1.165) is 26.2 Å². The molecule has 3 N–H and O–H groups in total. The number of aliphatic hydroxyl groups excluding tert-OH is 1. The molecule has 1 aromatic rings. The Balaban J connectivity index is 1.49. The van der Waals surface area contributed by atoms with Crippen LogP contribution in [0.2, 0.25) is 5.02 Å². The van der Waals surface area contributed by atoms with Gasteiger partial charge < -0.3 is 29.9 Å². The maximum Gasteiger partial charge on any atom is 0.325 e. The summed E-state index contributed by atoms with van der Waals surface area (Å²) in [5, 5.41) is 16.9. The van der Waals surface area contributed by atoms with Gasteiger partial charge in [0.1, 0.15) is 18.5 Å². The van der Waals surface area contributed by atoms with Crippen LogP contribution in [0.25, 0.3) is 0 Å². The van der Waals surface area contributed by atoms with E-state index in [1.807, 2.05) is 0 Å². The Labute approximate surface area is 179 Å². The van der Waals surface area contributed by atoms with Crippen LogP contribution in [0.15, 0.2) is 29.3 Å². The van der Waals surface area contributed by atoms with Gasteiger partial charge in [0.25, 0.3) is 5.91 Å². The molecule has 0 aromatic heterocycles. The van der Waals surface area contributed by atoms with Crippen LogP contribution in [0.1, 0.15) is 0 Å². The van der Waals surface area contributed by atoms with Gasteiger partial charge >= 0.3 is 6.03 Å². The summed E-state index contributed by atoms with van der Waals surface area (Å²) in [7, 11) is 1.61. The number of aliphatic imine (C=N–C) groups is 1. The second kappa shape index (κ2) is 8.66. The number of hydrogen-bond acceptors (Lipinski definition) is 8. The molecular weight excluding hydrogens is 412 g/mol. The molecule has 3 aliphatic heterocycles. The molecule has 3 atom stereocenters. The number of nitrogens with zero attached hydrogens (tertiary/aromatic N) is 4. The van der Waals surface area contributed by atoms with Crippen molar-refractivity contribution >= 4 is 29.5 Å². The van der Waals surface area contributed by atoms with Crippen molar-refractivity contribution in [2.45, 2.75) is 18.3 Å². The number of imide groups is 1. The number of β-amino-alcohol motifs (C(OH)–C–C–N with tert-alkyl or cyclic N) is 1. The molecule has 3 unspecified atom stereocenters. The lowest BCUT2D eigenvalue weighted by Gasteiger charge is -2.39.